The van der Waals surface area contributed by atoms with Gasteiger partial charge < -0.3 is 10.8 Å². The highest BCUT2D eigenvalue weighted by atomic mass is 16.3. The molecule has 0 saturated heterocycles. The highest BCUT2D eigenvalue weighted by Crippen LogP contribution is 2.46. The molecule has 2 heteroatoms. The summed E-state index contributed by atoms with van der Waals surface area (Å²) in [5, 5.41) is 9.25. The molecule has 0 aromatic rings. The lowest BCUT2D eigenvalue weighted by Gasteiger charge is -2.46. The van der Waals surface area contributed by atoms with Gasteiger partial charge in [0.2, 0.25) is 0 Å². The lowest BCUT2D eigenvalue weighted by Crippen LogP contribution is -2.46. The number of hydrogen-bond donors (Lipinski definition) is 2. The monoisotopic (exact) mass is 213 g/mol. The van der Waals surface area contributed by atoms with Crippen LogP contribution in [-0.2, 0) is 0 Å². The van der Waals surface area contributed by atoms with Crippen molar-refractivity contribution in [2.45, 2.75) is 58.9 Å². The molecule has 2 nitrogen and oxygen atoms in total. The molecule has 0 bridgehead atoms. The van der Waals surface area contributed by atoms with E-state index in [0.29, 0.717) is 0 Å². The van der Waals surface area contributed by atoms with Crippen molar-refractivity contribution in [1.29, 1.82) is 0 Å². The van der Waals surface area contributed by atoms with Gasteiger partial charge in [-0.15, -0.1) is 0 Å². The zero-order valence-electron chi connectivity index (χ0n) is 10.5. The average Bonchev–Trinajstić information content (AvgIpc) is 2.15. The summed E-state index contributed by atoms with van der Waals surface area (Å²) < 4.78 is 0. The molecule has 0 spiro atoms. The Labute approximate surface area is 94.2 Å². The van der Waals surface area contributed by atoms with E-state index in [9.17, 15) is 5.11 Å². The first kappa shape index (κ1) is 13.0. The van der Waals surface area contributed by atoms with Crippen LogP contribution in [0.25, 0.3) is 0 Å². The third-order valence-electron chi connectivity index (χ3n) is 4.15. The van der Waals surface area contributed by atoms with Crippen molar-refractivity contribution in [1.82, 2.24) is 0 Å². The van der Waals surface area contributed by atoms with Crippen molar-refractivity contribution in [3.63, 3.8) is 0 Å². The molecule has 1 aliphatic rings. The first-order valence-electron chi connectivity index (χ1n) is 6.40. The second-order valence-electron chi connectivity index (χ2n) is 5.71. The second kappa shape index (κ2) is 5.31. The van der Waals surface area contributed by atoms with Crippen LogP contribution in [-0.4, -0.2) is 17.8 Å². The third kappa shape index (κ3) is 2.94. The van der Waals surface area contributed by atoms with E-state index in [1.807, 2.05) is 0 Å². The molecule has 0 aromatic carbocycles. The lowest BCUT2D eigenvalue weighted by atomic mass is 9.61. The summed E-state index contributed by atoms with van der Waals surface area (Å²) in [5.41, 5.74) is 6.49. The summed E-state index contributed by atoms with van der Waals surface area (Å²) in [6.45, 7) is 7.09. The fraction of sp³-hybridized carbons (Fsp3) is 1.00. The summed E-state index contributed by atoms with van der Waals surface area (Å²) in [6.07, 6.45) is 5.64. The number of rotatable bonds is 4. The summed E-state index contributed by atoms with van der Waals surface area (Å²) in [4.78, 5) is 0. The van der Waals surface area contributed by atoms with Crippen LogP contribution in [0.4, 0.5) is 0 Å². The third-order valence-corrected chi connectivity index (χ3v) is 4.15. The second-order valence-corrected chi connectivity index (χ2v) is 5.71. The summed E-state index contributed by atoms with van der Waals surface area (Å²) >= 11 is 0. The van der Waals surface area contributed by atoms with Crippen LogP contribution in [0.15, 0.2) is 0 Å². The smallest absolute Gasteiger partial charge is 0.0436 e. The Balaban J connectivity index is 2.78. The fourth-order valence-electron chi connectivity index (χ4n) is 3.67. The molecular weight excluding hydrogens is 186 g/mol. The molecule has 0 heterocycles. The van der Waals surface area contributed by atoms with Gasteiger partial charge in [0.25, 0.3) is 0 Å². The van der Waals surface area contributed by atoms with Gasteiger partial charge in [0.15, 0.2) is 0 Å². The van der Waals surface area contributed by atoms with Gasteiger partial charge in [-0.1, -0.05) is 20.8 Å². The van der Waals surface area contributed by atoms with E-state index in [4.69, 9.17) is 5.73 Å². The largest absolute Gasteiger partial charge is 0.396 e. The van der Waals surface area contributed by atoms with E-state index in [-0.39, 0.29) is 18.1 Å². The highest BCUT2D eigenvalue weighted by molar-refractivity contribution is 4.94. The zero-order valence-corrected chi connectivity index (χ0v) is 10.5. The van der Waals surface area contributed by atoms with Crippen molar-refractivity contribution in [2.75, 3.05) is 6.61 Å². The Kier molecular flexibility index (Phi) is 4.60. The Morgan fingerprint density at radius 1 is 1.33 bits per heavy atom. The Morgan fingerprint density at radius 3 is 2.27 bits per heavy atom. The van der Waals surface area contributed by atoms with Crippen molar-refractivity contribution < 1.29 is 5.11 Å². The van der Waals surface area contributed by atoms with Gasteiger partial charge in [-0.25, -0.2) is 0 Å². The van der Waals surface area contributed by atoms with Gasteiger partial charge >= 0.3 is 0 Å². The van der Waals surface area contributed by atoms with Crippen LogP contribution in [0.2, 0.25) is 0 Å². The van der Waals surface area contributed by atoms with Crippen molar-refractivity contribution in [2.24, 2.45) is 23.0 Å². The molecule has 0 amide bonds. The summed E-state index contributed by atoms with van der Waals surface area (Å²) in [5.74, 6) is 1.52. The van der Waals surface area contributed by atoms with Gasteiger partial charge in [0, 0.05) is 12.6 Å². The number of hydrogen-bond acceptors (Lipinski definition) is 2. The van der Waals surface area contributed by atoms with Crippen LogP contribution in [0.1, 0.15) is 52.9 Å². The maximum atomic E-state index is 9.25. The van der Waals surface area contributed by atoms with Crippen LogP contribution in [0.5, 0.6) is 0 Å². The lowest BCUT2D eigenvalue weighted by molar-refractivity contribution is 0.0458. The van der Waals surface area contributed by atoms with Gasteiger partial charge in [-0.3, -0.25) is 0 Å². The fourth-order valence-corrected chi connectivity index (χ4v) is 3.67. The SMILES string of the molecule is CCC(N)C1(CCO)CC(C)CC(C)C1. The van der Waals surface area contributed by atoms with E-state index in [1.54, 1.807) is 0 Å². The Bertz CT molecular complexity index is 183. The van der Waals surface area contributed by atoms with Gasteiger partial charge in [0.05, 0.1) is 0 Å². The number of nitrogens with two attached hydrogens (primary N) is 1. The first-order chi connectivity index (χ1) is 7.04. The van der Waals surface area contributed by atoms with Gasteiger partial charge in [-0.2, -0.15) is 0 Å². The minimum absolute atomic E-state index is 0.209. The number of aliphatic hydroxyl groups excluding tert-OH is 1. The van der Waals surface area contributed by atoms with Gasteiger partial charge in [0.1, 0.15) is 0 Å². The molecule has 3 N–H and O–H groups in total. The molecule has 0 aliphatic heterocycles. The molecule has 0 radical (unpaired) electrons. The van der Waals surface area contributed by atoms with E-state index in [0.717, 1.165) is 24.7 Å². The normalized spacial score (nSPS) is 39.0. The topological polar surface area (TPSA) is 46.2 Å². The molecule has 1 aliphatic carbocycles. The molecule has 3 atom stereocenters. The van der Waals surface area contributed by atoms with Crippen LogP contribution in [0.3, 0.4) is 0 Å². The molecular formula is C13H27NO. The maximum Gasteiger partial charge on any atom is 0.0436 e. The first-order valence-corrected chi connectivity index (χ1v) is 6.40. The Hall–Kier alpha value is -0.0800. The molecule has 1 rings (SSSR count). The quantitative estimate of drug-likeness (QED) is 0.754. The molecule has 0 aromatic heterocycles. The average molecular weight is 213 g/mol. The predicted molar refractivity (Wildman–Crippen MR) is 64.6 cm³/mol. The zero-order chi connectivity index (χ0) is 11.5. The van der Waals surface area contributed by atoms with Crippen LogP contribution < -0.4 is 5.73 Å². The molecule has 15 heavy (non-hydrogen) atoms. The van der Waals surface area contributed by atoms with Crippen molar-refractivity contribution in [3.8, 4) is 0 Å². The molecule has 1 fully saturated rings. The molecule has 90 valence electrons. The van der Waals surface area contributed by atoms with E-state index in [1.165, 1.54) is 19.3 Å². The minimum atomic E-state index is 0.209. The summed E-state index contributed by atoms with van der Waals surface area (Å²) in [6, 6.07) is 0.259. The van der Waals surface area contributed by atoms with E-state index in [2.05, 4.69) is 20.8 Å². The number of aliphatic hydroxyl groups is 1. The standard InChI is InChI=1S/C13H27NO/c1-4-12(14)13(5-6-15)8-10(2)7-11(3)9-13/h10-12,15H,4-9,14H2,1-3H3. The summed E-state index contributed by atoms with van der Waals surface area (Å²) in [7, 11) is 0. The van der Waals surface area contributed by atoms with Crippen molar-refractivity contribution >= 4 is 0 Å². The van der Waals surface area contributed by atoms with E-state index >= 15 is 0 Å². The highest BCUT2D eigenvalue weighted by Gasteiger charge is 2.41. The van der Waals surface area contributed by atoms with Crippen LogP contribution >= 0.6 is 0 Å². The molecule has 3 unspecified atom stereocenters. The molecule has 1 saturated carbocycles. The van der Waals surface area contributed by atoms with Gasteiger partial charge in [-0.05, 0) is 49.4 Å². The van der Waals surface area contributed by atoms with Crippen LogP contribution in [0, 0.1) is 17.3 Å². The predicted octanol–water partition coefficient (Wildman–Crippen LogP) is 2.55. The maximum absolute atomic E-state index is 9.25. The van der Waals surface area contributed by atoms with E-state index < -0.39 is 0 Å². The Morgan fingerprint density at radius 2 is 1.87 bits per heavy atom. The van der Waals surface area contributed by atoms with Crippen molar-refractivity contribution in [3.05, 3.63) is 0 Å². The minimum Gasteiger partial charge on any atom is -0.396 e.